The van der Waals surface area contributed by atoms with E-state index in [1.165, 1.54) is 5.69 Å². The summed E-state index contributed by atoms with van der Waals surface area (Å²) in [6.45, 7) is 11.0. The van der Waals surface area contributed by atoms with Crippen molar-refractivity contribution < 1.29 is 0 Å². The molecule has 3 heteroatoms. The van der Waals surface area contributed by atoms with E-state index in [9.17, 15) is 0 Å². The van der Waals surface area contributed by atoms with Crippen LogP contribution in [0.3, 0.4) is 0 Å². The summed E-state index contributed by atoms with van der Waals surface area (Å²) in [6, 6.07) is 2.91. The lowest BCUT2D eigenvalue weighted by Gasteiger charge is -2.23. The first-order valence-electron chi connectivity index (χ1n) is 7.29. The smallest absolute Gasteiger partial charge is 0.0628 e. The molecule has 0 spiro atoms. The Morgan fingerprint density at radius 2 is 1.83 bits per heavy atom. The summed E-state index contributed by atoms with van der Waals surface area (Å²) in [6.07, 6.45) is 5.38. The lowest BCUT2D eigenvalue weighted by molar-refractivity contribution is 0.324. The summed E-state index contributed by atoms with van der Waals surface area (Å²) in [7, 11) is 0. The second-order valence-corrected chi connectivity index (χ2v) is 5.73. The molecular formula is C15H29N3. The predicted molar refractivity (Wildman–Crippen MR) is 77.5 cm³/mol. The van der Waals surface area contributed by atoms with Crippen molar-refractivity contribution in [3.63, 3.8) is 0 Å². The van der Waals surface area contributed by atoms with Crippen LogP contribution in [0.25, 0.3) is 0 Å². The zero-order valence-electron chi connectivity index (χ0n) is 12.6. The molecule has 2 N–H and O–H groups in total. The standard InChI is InChI=1S/C15H29N3/c1-6-14(7-2)18-9-8-13(17-18)10-15(11(3)4)12(5)16/h8-9,11-12,14-15H,6-7,10,16H2,1-5H3. The fourth-order valence-corrected chi connectivity index (χ4v) is 2.62. The van der Waals surface area contributed by atoms with E-state index in [4.69, 9.17) is 10.8 Å². The second kappa shape index (κ2) is 6.93. The molecule has 18 heavy (non-hydrogen) atoms. The van der Waals surface area contributed by atoms with Crippen molar-refractivity contribution >= 4 is 0 Å². The molecule has 0 aliphatic heterocycles. The lowest BCUT2D eigenvalue weighted by atomic mass is 9.86. The van der Waals surface area contributed by atoms with Crippen molar-refractivity contribution in [1.82, 2.24) is 9.78 Å². The maximum absolute atomic E-state index is 6.07. The Kier molecular flexibility index (Phi) is 5.86. The van der Waals surface area contributed by atoms with Gasteiger partial charge in [0.2, 0.25) is 0 Å². The Hall–Kier alpha value is -0.830. The Balaban J connectivity index is 2.73. The van der Waals surface area contributed by atoms with Gasteiger partial charge in [-0.2, -0.15) is 5.10 Å². The van der Waals surface area contributed by atoms with Crippen molar-refractivity contribution in [2.45, 2.75) is 66.0 Å². The molecule has 2 unspecified atom stereocenters. The van der Waals surface area contributed by atoms with Crippen LogP contribution >= 0.6 is 0 Å². The van der Waals surface area contributed by atoms with Crippen LogP contribution in [-0.4, -0.2) is 15.8 Å². The van der Waals surface area contributed by atoms with Gasteiger partial charge in [-0.05, 0) is 44.1 Å². The third kappa shape index (κ3) is 3.84. The molecule has 0 amide bonds. The maximum atomic E-state index is 6.07. The van der Waals surface area contributed by atoms with Gasteiger partial charge >= 0.3 is 0 Å². The van der Waals surface area contributed by atoms with Crippen molar-refractivity contribution in [2.24, 2.45) is 17.6 Å². The Morgan fingerprint density at radius 1 is 1.22 bits per heavy atom. The fourth-order valence-electron chi connectivity index (χ4n) is 2.62. The fraction of sp³-hybridized carbons (Fsp3) is 0.800. The van der Waals surface area contributed by atoms with Gasteiger partial charge in [0.15, 0.2) is 0 Å². The monoisotopic (exact) mass is 251 g/mol. The van der Waals surface area contributed by atoms with Gasteiger partial charge in [-0.1, -0.05) is 27.7 Å². The summed E-state index contributed by atoms with van der Waals surface area (Å²) in [5, 5.41) is 4.72. The first-order valence-corrected chi connectivity index (χ1v) is 7.29. The summed E-state index contributed by atoms with van der Waals surface area (Å²) >= 11 is 0. The van der Waals surface area contributed by atoms with Crippen LogP contribution < -0.4 is 5.73 Å². The van der Waals surface area contributed by atoms with Crippen LogP contribution in [0.2, 0.25) is 0 Å². The highest BCUT2D eigenvalue weighted by molar-refractivity contribution is 5.02. The minimum absolute atomic E-state index is 0.225. The number of hydrogen-bond donors (Lipinski definition) is 1. The number of aromatic nitrogens is 2. The SMILES string of the molecule is CCC(CC)n1ccc(CC(C(C)C)C(C)N)n1. The Morgan fingerprint density at radius 3 is 2.28 bits per heavy atom. The molecule has 0 radical (unpaired) electrons. The molecule has 1 heterocycles. The van der Waals surface area contributed by atoms with E-state index >= 15 is 0 Å². The molecule has 0 aromatic carbocycles. The van der Waals surface area contributed by atoms with Gasteiger partial charge in [-0.3, -0.25) is 4.68 Å². The molecule has 2 atom stereocenters. The molecule has 0 saturated carbocycles. The number of nitrogens with zero attached hydrogens (tertiary/aromatic N) is 2. The third-order valence-corrected chi connectivity index (χ3v) is 3.96. The highest BCUT2D eigenvalue weighted by Crippen LogP contribution is 2.20. The van der Waals surface area contributed by atoms with E-state index in [1.807, 2.05) is 0 Å². The van der Waals surface area contributed by atoms with Gasteiger partial charge in [0.25, 0.3) is 0 Å². The topological polar surface area (TPSA) is 43.8 Å². The zero-order valence-corrected chi connectivity index (χ0v) is 12.6. The maximum Gasteiger partial charge on any atom is 0.0628 e. The molecular weight excluding hydrogens is 222 g/mol. The molecule has 3 nitrogen and oxygen atoms in total. The Bertz CT molecular complexity index is 329. The van der Waals surface area contributed by atoms with Gasteiger partial charge in [-0.25, -0.2) is 0 Å². The molecule has 1 aromatic rings. The summed E-state index contributed by atoms with van der Waals surface area (Å²) < 4.78 is 2.12. The Labute approximate surface area is 112 Å². The van der Waals surface area contributed by atoms with Crippen LogP contribution in [0, 0.1) is 11.8 Å². The quantitative estimate of drug-likeness (QED) is 0.807. The van der Waals surface area contributed by atoms with Crippen LogP contribution in [0.15, 0.2) is 12.3 Å². The van der Waals surface area contributed by atoms with E-state index in [0.29, 0.717) is 17.9 Å². The summed E-state index contributed by atoms with van der Waals surface area (Å²) in [5.74, 6) is 1.11. The highest BCUT2D eigenvalue weighted by Gasteiger charge is 2.20. The van der Waals surface area contributed by atoms with Gasteiger partial charge in [0.05, 0.1) is 11.7 Å². The van der Waals surface area contributed by atoms with E-state index < -0.39 is 0 Å². The normalized spacial score (nSPS) is 15.3. The zero-order chi connectivity index (χ0) is 13.7. The third-order valence-electron chi connectivity index (χ3n) is 3.96. The van der Waals surface area contributed by atoms with Gasteiger partial charge in [0.1, 0.15) is 0 Å². The van der Waals surface area contributed by atoms with Crippen molar-refractivity contribution in [2.75, 3.05) is 0 Å². The van der Waals surface area contributed by atoms with Gasteiger partial charge < -0.3 is 5.73 Å². The molecule has 0 bridgehead atoms. The van der Waals surface area contributed by atoms with Crippen molar-refractivity contribution in [1.29, 1.82) is 0 Å². The van der Waals surface area contributed by atoms with E-state index in [1.54, 1.807) is 0 Å². The largest absolute Gasteiger partial charge is 0.328 e. The molecule has 0 fully saturated rings. The average molecular weight is 251 g/mol. The van der Waals surface area contributed by atoms with Gasteiger partial charge in [-0.15, -0.1) is 0 Å². The predicted octanol–water partition coefficient (Wildman–Crippen LogP) is 3.41. The molecule has 1 rings (SSSR count). The number of nitrogens with two attached hydrogens (primary N) is 1. The van der Waals surface area contributed by atoms with Gasteiger partial charge in [0, 0.05) is 12.2 Å². The summed E-state index contributed by atoms with van der Waals surface area (Å²) in [4.78, 5) is 0. The van der Waals surface area contributed by atoms with E-state index in [-0.39, 0.29) is 6.04 Å². The van der Waals surface area contributed by atoms with E-state index in [2.05, 4.69) is 51.6 Å². The minimum Gasteiger partial charge on any atom is -0.328 e. The molecule has 104 valence electrons. The van der Waals surface area contributed by atoms with Crippen molar-refractivity contribution in [3.05, 3.63) is 18.0 Å². The second-order valence-electron chi connectivity index (χ2n) is 5.73. The van der Waals surface area contributed by atoms with Crippen LogP contribution in [0.5, 0.6) is 0 Å². The number of rotatable bonds is 7. The molecule has 0 aliphatic carbocycles. The lowest BCUT2D eigenvalue weighted by Crippen LogP contribution is -2.32. The molecule has 0 aliphatic rings. The highest BCUT2D eigenvalue weighted by atomic mass is 15.3. The first-order chi connectivity index (χ1) is 8.49. The average Bonchev–Trinajstić information content (AvgIpc) is 2.75. The first kappa shape index (κ1) is 15.2. The van der Waals surface area contributed by atoms with Crippen LogP contribution in [-0.2, 0) is 6.42 Å². The molecule has 1 aromatic heterocycles. The number of hydrogen-bond acceptors (Lipinski definition) is 2. The van der Waals surface area contributed by atoms with Crippen LogP contribution in [0.4, 0.5) is 0 Å². The van der Waals surface area contributed by atoms with Crippen molar-refractivity contribution in [3.8, 4) is 0 Å². The van der Waals surface area contributed by atoms with E-state index in [0.717, 1.165) is 19.3 Å². The molecule has 0 saturated heterocycles. The minimum atomic E-state index is 0.225. The van der Waals surface area contributed by atoms with Crippen LogP contribution in [0.1, 0.15) is 59.2 Å². The summed E-state index contributed by atoms with van der Waals surface area (Å²) in [5.41, 5.74) is 7.25.